The van der Waals surface area contributed by atoms with E-state index in [0.29, 0.717) is 18.8 Å². The lowest BCUT2D eigenvalue weighted by Gasteiger charge is -2.14. The van der Waals surface area contributed by atoms with Gasteiger partial charge in [-0.05, 0) is 23.3 Å². The largest absolute Gasteiger partial charge is 0.433 e. The zero-order valence-electron chi connectivity index (χ0n) is 11.7. The number of nitrogens with one attached hydrogen (secondary N) is 1. The summed E-state index contributed by atoms with van der Waals surface area (Å²) in [7, 11) is 1.63. The molecule has 0 fully saturated rings. The van der Waals surface area contributed by atoms with E-state index < -0.39 is 6.61 Å². The van der Waals surface area contributed by atoms with Crippen LogP contribution in [-0.4, -0.2) is 13.7 Å². The van der Waals surface area contributed by atoms with Crippen molar-refractivity contribution in [3.8, 4) is 5.75 Å². The smallest absolute Gasteiger partial charge is 0.387 e. The lowest BCUT2D eigenvalue weighted by Crippen LogP contribution is -2.07. The second-order valence-corrected chi connectivity index (χ2v) is 4.43. The molecule has 0 radical (unpaired) electrons. The van der Waals surface area contributed by atoms with Crippen LogP contribution >= 0.6 is 0 Å². The average Bonchev–Trinajstić information content (AvgIpc) is 2.47. The van der Waals surface area contributed by atoms with Crippen LogP contribution in [0.5, 0.6) is 5.75 Å². The summed E-state index contributed by atoms with van der Waals surface area (Å²) in [6.45, 7) is -1.83. The van der Waals surface area contributed by atoms with Gasteiger partial charge in [0.05, 0.1) is 12.3 Å². The van der Waals surface area contributed by atoms with Gasteiger partial charge in [0.25, 0.3) is 0 Å². The van der Waals surface area contributed by atoms with Gasteiger partial charge in [-0.3, -0.25) is 0 Å². The molecular weight excluding hydrogens is 276 g/mol. The molecule has 0 heterocycles. The van der Waals surface area contributed by atoms with Crippen LogP contribution in [0.25, 0.3) is 0 Å². The van der Waals surface area contributed by atoms with Crippen LogP contribution < -0.4 is 10.1 Å². The highest BCUT2D eigenvalue weighted by Gasteiger charge is 2.09. The quantitative estimate of drug-likeness (QED) is 0.835. The highest BCUT2D eigenvalue weighted by Crippen LogP contribution is 2.26. The van der Waals surface area contributed by atoms with Crippen molar-refractivity contribution in [3.63, 3.8) is 0 Å². The third-order valence-corrected chi connectivity index (χ3v) is 2.99. The van der Waals surface area contributed by atoms with Gasteiger partial charge >= 0.3 is 6.61 Å². The molecule has 0 spiro atoms. The van der Waals surface area contributed by atoms with Gasteiger partial charge in [-0.25, -0.2) is 0 Å². The Morgan fingerprint density at radius 2 is 1.67 bits per heavy atom. The zero-order valence-corrected chi connectivity index (χ0v) is 11.7. The van der Waals surface area contributed by atoms with Gasteiger partial charge in [0.1, 0.15) is 5.75 Å². The highest BCUT2D eigenvalue weighted by atomic mass is 19.3. The maximum Gasteiger partial charge on any atom is 0.387 e. The number of benzene rings is 2. The third kappa shape index (κ3) is 4.43. The number of halogens is 2. The Morgan fingerprint density at radius 1 is 1.00 bits per heavy atom. The highest BCUT2D eigenvalue weighted by molar-refractivity contribution is 5.56. The molecule has 112 valence electrons. The second-order valence-electron chi connectivity index (χ2n) is 4.43. The first kappa shape index (κ1) is 15.3. The Morgan fingerprint density at radius 3 is 2.38 bits per heavy atom. The Balaban J connectivity index is 2.10. The van der Waals surface area contributed by atoms with Crippen LogP contribution in [-0.2, 0) is 17.9 Å². The molecule has 2 aromatic carbocycles. The molecule has 3 nitrogen and oxygen atoms in total. The van der Waals surface area contributed by atoms with Crippen LogP contribution in [0.3, 0.4) is 0 Å². The minimum atomic E-state index is -2.84. The van der Waals surface area contributed by atoms with Crippen molar-refractivity contribution in [2.75, 3.05) is 12.4 Å². The SMILES string of the molecule is COCc1ccccc1CNc1ccccc1OC(F)F. The number of para-hydroxylation sites is 2. The lowest BCUT2D eigenvalue weighted by molar-refractivity contribution is -0.0493. The van der Waals surface area contributed by atoms with Gasteiger partial charge in [-0.15, -0.1) is 0 Å². The number of hydrogen-bond acceptors (Lipinski definition) is 3. The van der Waals surface area contributed by atoms with E-state index in [4.69, 9.17) is 4.74 Å². The Bertz CT molecular complexity index is 576. The van der Waals surface area contributed by atoms with Crippen molar-refractivity contribution in [1.29, 1.82) is 0 Å². The first-order chi connectivity index (χ1) is 10.2. The standard InChI is InChI=1S/C16H17F2NO2/c1-20-11-13-7-3-2-6-12(13)10-19-14-8-4-5-9-15(14)21-16(17)18/h2-9,16,19H,10-11H2,1H3. The number of ether oxygens (including phenoxy) is 2. The molecule has 0 amide bonds. The Hall–Kier alpha value is -2.14. The van der Waals surface area contributed by atoms with Crippen molar-refractivity contribution in [3.05, 3.63) is 59.7 Å². The van der Waals surface area contributed by atoms with Crippen molar-refractivity contribution in [2.45, 2.75) is 19.8 Å². The molecule has 0 aromatic heterocycles. The second kappa shape index (κ2) is 7.59. The number of hydrogen-bond donors (Lipinski definition) is 1. The van der Waals surface area contributed by atoms with E-state index >= 15 is 0 Å². The van der Waals surface area contributed by atoms with Crippen molar-refractivity contribution in [2.24, 2.45) is 0 Å². The van der Waals surface area contributed by atoms with Gasteiger partial charge in [0.2, 0.25) is 0 Å². The predicted octanol–water partition coefficient (Wildman–Crippen LogP) is 4.05. The fourth-order valence-corrected chi connectivity index (χ4v) is 2.03. The molecule has 0 saturated carbocycles. The molecule has 2 rings (SSSR count). The molecule has 0 saturated heterocycles. The fraction of sp³-hybridized carbons (Fsp3) is 0.250. The summed E-state index contributed by atoms with van der Waals surface area (Å²) in [5.41, 5.74) is 2.64. The average molecular weight is 293 g/mol. The molecule has 0 bridgehead atoms. The maximum absolute atomic E-state index is 12.4. The molecule has 21 heavy (non-hydrogen) atoms. The zero-order chi connectivity index (χ0) is 15.1. The van der Waals surface area contributed by atoms with Crippen LogP contribution in [0.4, 0.5) is 14.5 Å². The number of methoxy groups -OCH3 is 1. The van der Waals surface area contributed by atoms with Crippen LogP contribution in [0.1, 0.15) is 11.1 Å². The van der Waals surface area contributed by atoms with E-state index in [9.17, 15) is 8.78 Å². The molecule has 0 aliphatic heterocycles. The summed E-state index contributed by atoms with van der Waals surface area (Å²) in [5, 5.41) is 3.12. The summed E-state index contributed by atoms with van der Waals surface area (Å²) in [6, 6.07) is 14.4. The third-order valence-electron chi connectivity index (χ3n) is 2.99. The molecule has 0 aliphatic carbocycles. The molecule has 0 aliphatic rings. The number of rotatable bonds is 7. The van der Waals surface area contributed by atoms with Crippen LogP contribution in [0, 0.1) is 0 Å². The monoisotopic (exact) mass is 293 g/mol. The molecule has 0 atom stereocenters. The van der Waals surface area contributed by atoms with Gasteiger partial charge in [0.15, 0.2) is 0 Å². The Kier molecular flexibility index (Phi) is 5.51. The molecular formula is C16H17F2NO2. The van der Waals surface area contributed by atoms with E-state index in [1.165, 1.54) is 6.07 Å². The first-order valence-electron chi connectivity index (χ1n) is 6.54. The summed E-state index contributed by atoms with van der Waals surface area (Å²) < 4.78 is 34.4. The molecule has 5 heteroatoms. The van der Waals surface area contributed by atoms with Gasteiger partial charge in [0, 0.05) is 13.7 Å². The van der Waals surface area contributed by atoms with Crippen LogP contribution in [0.15, 0.2) is 48.5 Å². The van der Waals surface area contributed by atoms with Gasteiger partial charge in [-0.1, -0.05) is 36.4 Å². The summed E-state index contributed by atoms with van der Waals surface area (Å²) in [5.74, 6) is 0.136. The van der Waals surface area contributed by atoms with E-state index in [1.807, 2.05) is 24.3 Å². The molecule has 1 N–H and O–H groups in total. The molecule has 0 unspecified atom stereocenters. The van der Waals surface area contributed by atoms with Crippen molar-refractivity contribution in [1.82, 2.24) is 0 Å². The van der Waals surface area contributed by atoms with E-state index in [2.05, 4.69) is 10.1 Å². The van der Waals surface area contributed by atoms with E-state index in [0.717, 1.165) is 11.1 Å². The molecule has 2 aromatic rings. The summed E-state index contributed by atoms with van der Waals surface area (Å²) in [4.78, 5) is 0. The van der Waals surface area contributed by atoms with E-state index in [-0.39, 0.29) is 5.75 Å². The van der Waals surface area contributed by atoms with Crippen molar-refractivity contribution >= 4 is 5.69 Å². The normalized spacial score (nSPS) is 10.7. The van der Waals surface area contributed by atoms with Crippen LogP contribution in [0.2, 0.25) is 0 Å². The fourth-order valence-electron chi connectivity index (χ4n) is 2.03. The minimum Gasteiger partial charge on any atom is -0.433 e. The number of anilines is 1. The maximum atomic E-state index is 12.4. The Labute approximate surface area is 122 Å². The number of alkyl halides is 2. The lowest BCUT2D eigenvalue weighted by atomic mass is 10.1. The van der Waals surface area contributed by atoms with Gasteiger partial charge in [-0.2, -0.15) is 8.78 Å². The van der Waals surface area contributed by atoms with E-state index in [1.54, 1.807) is 25.3 Å². The summed E-state index contributed by atoms with van der Waals surface area (Å²) >= 11 is 0. The van der Waals surface area contributed by atoms with Gasteiger partial charge < -0.3 is 14.8 Å². The summed E-state index contributed by atoms with van der Waals surface area (Å²) in [6.07, 6.45) is 0. The predicted molar refractivity (Wildman–Crippen MR) is 77.6 cm³/mol. The minimum absolute atomic E-state index is 0.136. The van der Waals surface area contributed by atoms with Crippen molar-refractivity contribution < 1.29 is 18.3 Å². The topological polar surface area (TPSA) is 30.5 Å². The first-order valence-corrected chi connectivity index (χ1v) is 6.54.